The maximum absolute atomic E-state index is 13.2. The first-order valence-electron chi connectivity index (χ1n) is 10.9. The summed E-state index contributed by atoms with van der Waals surface area (Å²) in [7, 11) is -2.87. The molecule has 0 aliphatic heterocycles. The van der Waals surface area contributed by atoms with Crippen LogP contribution in [0.2, 0.25) is 0 Å². The van der Waals surface area contributed by atoms with Crippen LogP contribution in [0, 0.1) is 11.7 Å². The van der Waals surface area contributed by atoms with E-state index < -0.39 is 21.9 Å². The van der Waals surface area contributed by atoms with Crippen molar-refractivity contribution in [3.63, 3.8) is 0 Å². The van der Waals surface area contributed by atoms with Gasteiger partial charge in [-0.05, 0) is 54.8 Å². The minimum Gasteiger partial charge on any atom is -0.493 e. The Balaban J connectivity index is 2.24. The van der Waals surface area contributed by atoms with Gasteiger partial charge in [-0.1, -0.05) is 19.9 Å². The van der Waals surface area contributed by atoms with Gasteiger partial charge < -0.3 is 18.6 Å². The van der Waals surface area contributed by atoms with E-state index in [1.165, 1.54) is 13.2 Å². The van der Waals surface area contributed by atoms with Gasteiger partial charge >= 0.3 is 16.1 Å². The topological polar surface area (TPSA) is 99.2 Å². The summed E-state index contributed by atoms with van der Waals surface area (Å²) in [4.78, 5) is 25.8. The zero-order chi connectivity index (χ0) is 25.3. The van der Waals surface area contributed by atoms with Crippen LogP contribution in [0.25, 0.3) is 0 Å². The van der Waals surface area contributed by atoms with Gasteiger partial charge in [-0.3, -0.25) is 9.59 Å². The first-order valence-corrected chi connectivity index (χ1v) is 12.3. The largest absolute Gasteiger partial charge is 0.493 e. The number of carbonyl (C=O) groups excluding carboxylic acids is 2. The summed E-state index contributed by atoms with van der Waals surface area (Å²) in [5, 5.41) is 0. The molecule has 0 saturated heterocycles. The van der Waals surface area contributed by atoms with E-state index in [1.807, 2.05) is 13.8 Å². The van der Waals surface area contributed by atoms with Gasteiger partial charge in [0.05, 0.1) is 20.1 Å². The number of methoxy groups -OCH3 is 1. The first-order chi connectivity index (χ1) is 16.1. The van der Waals surface area contributed by atoms with Gasteiger partial charge in [-0.25, -0.2) is 4.39 Å². The van der Waals surface area contributed by atoms with E-state index >= 15 is 0 Å². The predicted molar refractivity (Wildman–Crippen MR) is 123 cm³/mol. The Morgan fingerprint density at radius 2 is 1.71 bits per heavy atom. The number of ether oxygens (including phenoxy) is 2. The fourth-order valence-electron chi connectivity index (χ4n) is 3.17. The molecule has 8 nitrogen and oxygen atoms in total. The molecule has 2 aromatic carbocycles. The molecule has 0 aromatic heterocycles. The van der Waals surface area contributed by atoms with Gasteiger partial charge in [0.2, 0.25) is 5.91 Å². The van der Waals surface area contributed by atoms with Crippen molar-refractivity contribution in [2.45, 2.75) is 45.1 Å². The maximum atomic E-state index is 13.2. The summed E-state index contributed by atoms with van der Waals surface area (Å²) in [5.74, 6) is -0.951. The summed E-state index contributed by atoms with van der Waals surface area (Å²) in [6.45, 7) is 6.49. The van der Waals surface area contributed by atoms with Gasteiger partial charge in [0.1, 0.15) is 10.7 Å². The smallest absolute Gasteiger partial charge is 0.339 e. The molecule has 0 unspecified atom stereocenters. The molecule has 0 fully saturated rings. The summed E-state index contributed by atoms with van der Waals surface area (Å²) in [6.07, 6.45) is -0.0157. The van der Waals surface area contributed by atoms with Crippen molar-refractivity contribution in [2.75, 3.05) is 20.3 Å². The van der Waals surface area contributed by atoms with Crippen LogP contribution in [0.1, 0.15) is 39.2 Å². The summed E-state index contributed by atoms with van der Waals surface area (Å²) in [5.41, 5.74) is 0.607. The molecule has 0 atom stereocenters. The van der Waals surface area contributed by atoms with Crippen molar-refractivity contribution < 1.29 is 36.1 Å². The highest BCUT2D eigenvalue weighted by Gasteiger charge is 2.22. The third kappa shape index (κ3) is 8.02. The third-order valence-electron chi connectivity index (χ3n) is 4.69. The molecule has 1 amide bonds. The number of benzene rings is 2. The van der Waals surface area contributed by atoms with Gasteiger partial charge in [-0.2, -0.15) is 8.42 Å². The number of amides is 1. The van der Waals surface area contributed by atoms with Crippen molar-refractivity contribution in [3.8, 4) is 11.5 Å². The normalized spacial score (nSPS) is 11.2. The van der Waals surface area contributed by atoms with Crippen LogP contribution in [-0.2, 0) is 31.0 Å². The van der Waals surface area contributed by atoms with E-state index in [0.29, 0.717) is 12.1 Å². The average molecular weight is 496 g/mol. The van der Waals surface area contributed by atoms with E-state index in [1.54, 1.807) is 24.0 Å². The SMILES string of the molecule is CCOC(=O)CCC(=O)N(Cc1ccc(OC)c(OS(=O)(=O)c2ccc(F)cc2)c1)CC(C)C. The van der Waals surface area contributed by atoms with E-state index in [2.05, 4.69) is 0 Å². The monoisotopic (exact) mass is 495 g/mol. The van der Waals surface area contributed by atoms with E-state index in [9.17, 15) is 22.4 Å². The predicted octanol–water partition coefficient (Wildman–Crippen LogP) is 3.93. The summed E-state index contributed by atoms with van der Waals surface area (Å²) in [6, 6.07) is 8.97. The molecule has 2 rings (SSSR count). The van der Waals surface area contributed by atoms with Crippen molar-refractivity contribution in [1.29, 1.82) is 0 Å². The molecule has 186 valence electrons. The molecule has 0 bridgehead atoms. The Morgan fingerprint density at radius 1 is 1.03 bits per heavy atom. The number of hydrogen-bond donors (Lipinski definition) is 0. The van der Waals surface area contributed by atoms with Gasteiger partial charge in [-0.15, -0.1) is 0 Å². The molecule has 0 aliphatic rings. The maximum Gasteiger partial charge on any atom is 0.339 e. The molecule has 0 heterocycles. The summed E-state index contributed by atoms with van der Waals surface area (Å²) >= 11 is 0. The summed E-state index contributed by atoms with van der Waals surface area (Å²) < 4.78 is 53.9. The van der Waals surface area contributed by atoms with E-state index in [-0.39, 0.29) is 54.2 Å². The molecule has 2 aromatic rings. The zero-order valence-corrected chi connectivity index (χ0v) is 20.6. The molecule has 34 heavy (non-hydrogen) atoms. The first kappa shape index (κ1) is 27.1. The van der Waals surface area contributed by atoms with Crippen molar-refractivity contribution >= 4 is 22.0 Å². The van der Waals surface area contributed by atoms with Crippen molar-refractivity contribution in [1.82, 2.24) is 4.90 Å². The molecular weight excluding hydrogens is 465 g/mol. The Labute approximate surface area is 199 Å². The number of hydrogen-bond acceptors (Lipinski definition) is 7. The lowest BCUT2D eigenvalue weighted by atomic mass is 10.1. The highest BCUT2D eigenvalue weighted by Crippen LogP contribution is 2.31. The molecular formula is C24H30FNO7S. The van der Waals surface area contributed by atoms with Crippen LogP contribution in [0.4, 0.5) is 4.39 Å². The highest BCUT2D eigenvalue weighted by atomic mass is 32.2. The number of nitrogens with zero attached hydrogens (tertiary/aromatic N) is 1. The zero-order valence-electron chi connectivity index (χ0n) is 19.7. The van der Waals surface area contributed by atoms with Crippen LogP contribution in [0.5, 0.6) is 11.5 Å². The number of rotatable bonds is 12. The lowest BCUT2D eigenvalue weighted by Crippen LogP contribution is -2.34. The minimum absolute atomic E-state index is 0.00398. The second-order valence-electron chi connectivity index (χ2n) is 7.95. The van der Waals surface area contributed by atoms with Crippen LogP contribution in [0.15, 0.2) is 47.4 Å². The Kier molecular flexibility index (Phi) is 9.85. The molecule has 0 aliphatic carbocycles. The van der Waals surface area contributed by atoms with Crippen LogP contribution < -0.4 is 8.92 Å². The lowest BCUT2D eigenvalue weighted by molar-refractivity contribution is -0.145. The van der Waals surface area contributed by atoms with E-state index in [4.69, 9.17) is 13.7 Å². The minimum atomic E-state index is -4.25. The number of halogens is 1. The Bertz CT molecular complexity index is 1090. The number of carbonyl (C=O) groups is 2. The Morgan fingerprint density at radius 3 is 2.29 bits per heavy atom. The van der Waals surface area contributed by atoms with Gasteiger partial charge in [0, 0.05) is 19.5 Å². The average Bonchev–Trinajstić information content (AvgIpc) is 2.77. The van der Waals surface area contributed by atoms with Crippen molar-refractivity contribution in [2.24, 2.45) is 5.92 Å². The lowest BCUT2D eigenvalue weighted by Gasteiger charge is -2.25. The highest BCUT2D eigenvalue weighted by molar-refractivity contribution is 7.87. The number of esters is 1. The van der Waals surface area contributed by atoms with Crippen LogP contribution in [-0.4, -0.2) is 45.5 Å². The second-order valence-corrected chi connectivity index (χ2v) is 9.50. The third-order valence-corrected chi connectivity index (χ3v) is 5.94. The van der Waals surface area contributed by atoms with Crippen LogP contribution >= 0.6 is 0 Å². The molecule has 0 radical (unpaired) electrons. The molecule has 0 spiro atoms. The van der Waals surface area contributed by atoms with Gasteiger partial charge in [0.25, 0.3) is 0 Å². The van der Waals surface area contributed by atoms with E-state index in [0.717, 1.165) is 24.3 Å². The fraction of sp³-hybridized carbons (Fsp3) is 0.417. The standard InChI is InChI=1S/C24H30FNO7S/c1-5-32-24(28)13-12-23(27)26(15-17(2)3)16-18-6-11-21(31-4)22(14-18)33-34(29,30)20-9-7-19(25)8-10-20/h6-11,14,17H,5,12-13,15-16H2,1-4H3. The molecule has 0 saturated carbocycles. The molecule has 10 heteroatoms. The quantitative estimate of drug-likeness (QED) is 0.325. The Hall–Kier alpha value is -3.14. The molecule has 0 N–H and O–H groups in total. The van der Waals surface area contributed by atoms with Crippen molar-refractivity contribution in [3.05, 3.63) is 53.8 Å². The fourth-order valence-corrected chi connectivity index (χ4v) is 4.10. The van der Waals surface area contributed by atoms with Crippen LogP contribution in [0.3, 0.4) is 0 Å². The van der Waals surface area contributed by atoms with Gasteiger partial charge in [0.15, 0.2) is 11.5 Å². The second kappa shape index (κ2) is 12.4.